The first-order valence-corrected chi connectivity index (χ1v) is 5.66. The molecular weight excluding hydrogens is 273 g/mol. The van der Waals surface area contributed by atoms with E-state index >= 15 is 0 Å². The minimum absolute atomic E-state index is 0.0185. The molecule has 1 aromatic carbocycles. The third-order valence-electron chi connectivity index (χ3n) is 2.71. The van der Waals surface area contributed by atoms with Crippen molar-refractivity contribution in [1.82, 2.24) is 14.8 Å². The second-order valence-electron chi connectivity index (χ2n) is 4.26. The van der Waals surface area contributed by atoms with Gasteiger partial charge in [-0.25, -0.2) is 4.98 Å². The number of nitrogen functional groups attached to an aromatic ring is 1. The Kier molecular flexibility index (Phi) is 2.66. The predicted octanol–water partition coefficient (Wildman–Crippen LogP) is 2.67. The molecule has 8 heteroatoms. The summed E-state index contributed by atoms with van der Waals surface area (Å²) >= 11 is 0. The molecule has 0 spiro atoms. The number of hydrogen-bond acceptors (Lipinski definition) is 4. The summed E-state index contributed by atoms with van der Waals surface area (Å²) < 4.78 is 43.9. The quantitative estimate of drug-likeness (QED) is 0.734. The van der Waals surface area contributed by atoms with Gasteiger partial charge in [-0.2, -0.15) is 18.3 Å². The van der Waals surface area contributed by atoms with Crippen molar-refractivity contribution < 1.29 is 17.6 Å². The Bertz CT molecular complexity index is 759. The zero-order chi connectivity index (χ0) is 14.3. The molecule has 0 bridgehead atoms. The van der Waals surface area contributed by atoms with E-state index in [1.807, 2.05) is 0 Å². The molecule has 0 aliphatic carbocycles. The van der Waals surface area contributed by atoms with E-state index in [1.165, 1.54) is 0 Å². The molecule has 104 valence electrons. The third kappa shape index (κ3) is 2.31. The molecule has 0 saturated carbocycles. The van der Waals surface area contributed by atoms with Crippen LogP contribution in [-0.2, 0) is 12.7 Å². The van der Waals surface area contributed by atoms with Gasteiger partial charge in [-0.3, -0.25) is 4.68 Å². The number of alkyl halides is 3. The second-order valence-corrected chi connectivity index (χ2v) is 4.26. The van der Waals surface area contributed by atoms with Gasteiger partial charge in [0.2, 0.25) is 5.89 Å². The maximum atomic E-state index is 12.4. The van der Waals surface area contributed by atoms with Crippen LogP contribution in [0.1, 0.15) is 11.5 Å². The topological polar surface area (TPSA) is 69.9 Å². The molecule has 0 aliphatic heterocycles. The van der Waals surface area contributed by atoms with Crippen LogP contribution < -0.4 is 5.73 Å². The van der Waals surface area contributed by atoms with E-state index < -0.39 is 11.7 Å². The largest absolute Gasteiger partial charge is 0.439 e. The molecule has 0 amide bonds. The van der Waals surface area contributed by atoms with Crippen molar-refractivity contribution in [3.63, 3.8) is 0 Å². The summed E-state index contributed by atoms with van der Waals surface area (Å²) in [5.41, 5.74) is 6.43. The lowest BCUT2D eigenvalue weighted by Crippen LogP contribution is -2.04. The molecule has 0 atom stereocenters. The summed E-state index contributed by atoms with van der Waals surface area (Å²) in [5, 5.41) is 3.64. The highest BCUT2D eigenvalue weighted by atomic mass is 19.4. The SMILES string of the molecule is Nc1ccc2oc(Cn3cc(C(F)(F)F)cn3)nc2c1. The first-order chi connectivity index (χ1) is 9.41. The zero-order valence-electron chi connectivity index (χ0n) is 10.1. The van der Waals surface area contributed by atoms with E-state index in [4.69, 9.17) is 10.2 Å². The molecule has 0 saturated heterocycles. The number of aromatic nitrogens is 3. The highest BCUT2D eigenvalue weighted by molar-refractivity contribution is 5.76. The highest BCUT2D eigenvalue weighted by Gasteiger charge is 2.32. The van der Waals surface area contributed by atoms with E-state index in [0.717, 1.165) is 17.1 Å². The first-order valence-electron chi connectivity index (χ1n) is 5.66. The Hall–Kier alpha value is -2.51. The van der Waals surface area contributed by atoms with Gasteiger partial charge in [0, 0.05) is 11.9 Å². The fourth-order valence-electron chi connectivity index (χ4n) is 1.79. The molecule has 5 nitrogen and oxygen atoms in total. The van der Waals surface area contributed by atoms with Crippen LogP contribution in [-0.4, -0.2) is 14.8 Å². The fraction of sp³-hybridized carbons (Fsp3) is 0.167. The van der Waals surface area contributed by atoms with Crippen molar-refractivity contribution in [2.75, 3.05) is 5.73 Å². The molecule has 3 aromatic rings. The Labute approximate surface area is 110 Å². The summed E-state index contributed by atoms with van der Waals surface area (Å²) in [4.78, 5) is 4.15. The van der Waals surface area contributed by atoms with Crippen LogP contribution in [0, 0.1) is 0 Å². The number of nitrogens with zero attached hydrogens (tertiary/aromatic N) is 3. The normalized spacial score (nSPS) is 12.2. The third-order valence-corrected chi connectivity index (χ3v) is 2.71. The van der Waals surface area contributed by atoms with Crippen LogP contribution in [0.15, 0.2) is 35.0 Å². The van der Waals surface area contributed by atoms with Crippen LogP contribution in [0.5, 0.6) is 0 Å². The van der Waals surface area contributed by atoms with Crippen molar-refractivity contribution in [2.24, 2.45) is 0 Å². The van der Waals surface area contributed by atoms with Crippen molar-refractivity contribution in [3.05, 3.63) is 42.0 Å². The highest BCUT2D eigenvalue weighted by Crippen LogP contribution is 2.28. The molecule has 0 unspecified atom stereocenters. The van der Waals surface area contributed by atoms with E-state index in [2.05, 4.69) is 10.1 Å². The Morgan fingerprint density at radius 2 is 2.10 bits per heavy atom. The van der Waals surface area contributed by atoms with Crippen LogP contribution in [0.2, 0.25) is 0 Å². The number of fused-ring (bicyclic) bond motifs is 1. The van der Waals surface area contributed by atoms with Crippen LogP contribution in [0.3, 0.4) is 0 Å². The minimum Gasteiger partial charge on any atom is -0.439 e. The molecule has 2 heterocycles. The summed E-state index contributed by atoms with van der Waals surface area (Å²) in [6.45, 7) is 0.0185. The number of benzene rings is 1. The first kappa shape index (κ1) is 12.5. The molecule has 2 N–H and O–H groups in total. The molecule has 0 fully saturated rings. The van der Waals surface area contributed by atoms with Crippen LogP contribution in [0.25, 0.3) is 11.1 Å². The second kappa shape index (κ2) is 4.26. The van der Waals surface area contributed by atoms with Gasteiger partial charge in [-0.15, -0.1) is 0 Å². The Balaban J connectivity index is 1.87. The van der Waals surface area contributed by atoms with Crippen molar-refractivity contribution in [2.45, 2.75) is 12.7 Å². The van der Waals surface area contributed by atoms with Crippen LogP contribution in [0.4, 0.5) is 18.9 Å². The van der Waals surface area contributed by atoms with Gasteiger partial charge in [0.05, 0.1) is 11.8 Å². The number of oxazole rings is 1. The average Bonchev–Trinajstić information content (AvgIpc) is 2.94. The number of halogens is 3. The lowest BCUT2D eigenvalue weighted by Gasteiger charge is -2.00. The minimum atomic E-state index is -4.41. The Morgan fingerprint density at radius 3 is 2.80 bits per heavy atom. The number of hydrogen-bond donors (Lipinski definition) is 1. The molecule has 0 aliphatic rings. The summed E-state index contributed by atoms with van der Waals surface area (Å²) in [6, 6.07) is 4.95. The fourth-order valence-corrected chi connectivity index (χ4v) is 1.79. The Morgan fingerprint density at radius 1 is 1.30 bits per heavy atom. The lowest BCUT2D eigenvalue weighted by atomic mass is 10.3. The molecule has 2 aromatic heterocycles. The standard InChI is InChI=1S/C12H9F3N4O/c13-12(14,15)7-4-17-19(5-7)6-11-18-9-3-8(16)1-2-10(9)20-11/h1-5H,6,16H2. The molecule has 3 rings (SSSR count). The predicted molar refractivity (Wildman–Crippen MR) is 64.8 cm³/mol. The molecule has 0 radical (unpaired) electrons. The van der Waals surface area contributed by atoms with Gasteiger partial charge in [-0.1, -0.05) is 0 Å². The zero-order valence-corrected chi connectivity index (χ0v) is 10.1. The van der Waals surface area contributed by atoms with Gasteiger partial charge < -0.3 is 10.2 Å². The van der Waals surface area contributed by atoms with Gasteiger partial charge >= 0.3 is 6.18 Å². The van der Waals surface area contributed by atoms with Gasteiger partial charge in [0.1, 0.15) is 12.1 Å². The monoisotopic (exact) mass is 282 g/mol. The van der Waals surface area contributed by atoms with Gasteiger partial charge in [0.15, 0.2) is 5.58 Å². The number of nitrogens with two attached hydrogens (primary N) is 1. The summed E-state index contributed by atoms with van der Waals surface area (Å²) in [5.74, 6) is 0.266. The van der Waals surface area contributed by atoms with E-state index in [1.54, 1.807) is 18.2 Å². The van der Waals surface area contributed by atoms with E-state index in [0.29, 0.717) is 16.8 Å². The van der Waals surface area contributed by atoms with Crippen molar-refractivity contribution in [1.29, 1.82) is 0 Å². The molecular formula is C12H9F3N4O. The summed E-state index contributed by atoms with van der Waals surface area (Å²) in [7, 11) is 0. The summed E-state index contributed by atoms with van der Waals surface area (Å²) in [6.07, 6.45) is -2.74. The lowest BCUT2D eigenvalue weighted by molar-refractivity contribution is -0.137. The smallest absolute Gasteiger partial charge is 0.419 e. The maximum Gasteiger partial charge on any atom is 0.419 e. The van der Waals surface area contributed by atoms with E-state index in [-0.39, 0.29) is 12.4 Å². The van der Waals surface area contributed by atoms with Gasteiger partial charge in [0.25, 0.3) is 0 Å². The van der Waals surface area contributed by atoms with Crippen molar-refractivity contribution in [3.8, 4) is 0 Å². The van der Waals surface area contributed by atoms with Gasteiger partial charge in [-0.05, 0) is 18.2 Å². The molecule has 20 heavy (non-hydrogen) atoms. The van der Waals surface area contributed by atoms with Crippen molar-refractivity contribution >= 4 is 16.8 Å². The number of anilines is 1. The number of rotatable bonds is 2. The van der Waals surface area contributed by atoms with E-state index in [9.17, 15) is 13.2 Å². The van der Waals surface area contributed by atoms with Crippen LogP contribution >= 0.6 is 0 Å². The maximum absolute atomic E-state index is 12.4. The average molecular weight is 282 g/mol.